The van der Waals surface area contributed by atoms with Crippen molar-refractivity contribution in [2.75, 3.05) is 6.54 Å². The number of hydrogen-bond donors (Lipinski definition) is 1. The number of likely N-dealkylation sites (tertiary alicyclic amines) is 1. The monoisotopic (exact) mass is 219 g/mol. The van der Waals surface area contributed by atoms with Gasteiger partial charge in [0.15, 0.2) is 0 Å². The predicted molar refractivity (Wildman–Crippen MR) is 57.9 cm³/mol. The number of carboxylic acid groups (broad SMARTS) is 1. The van der Waals surface area contributed by atoms with E-state index in [1.165, 1.54) is 4.90 Å². The SMILES string of the molecule is Cc1cccc(C2CC(=O)N2CC(=O)O)c1. The van der Waals surface area contributed by atoms with E-state index in [9.17, 15) is 9.59 Å². The first kappa shape index (κ1) is 10.7. The zero-order valence-electron chi connectivity index (χ0n) is 9.01. The van der Waals surface area contributed by atoms with Crippen molar-refractivity contribution in [1.82, 2.24) is 4.90 Å². The molecular weight excluding hydrogens is 206 g/mol. The van der Waals surface area contributed by atoms with Crippen molar-refractivity contribution in [3.63, 3.8) is 0 Å². The third-order valence-corrected chi connectivity index (χ3v) is 2.80. The zero-order chi connectivity index (χ0) is 11.7. The van der Waals surface area contributed by atoms with Gasteiger partial charge in [0, 0.05) is 0 Å². The quantitative estimate of drug-likeness (QED) is 0.781. The molecule has 0 saturated carbocycles. The van der Waals surface area contributed by atoms with Gasteiger partial charge in [-0.3, -0.25) is 9.59 Å². The number of carbonyl (C=O) groups is 2. The number of hydrogen-bond acceptors (Lipinski definition) is 2. The Bertz CT molecular complexity index is 442. The minimum atomic E-state index is -0.967. The molecule has 0 aromatic heterocycles. The van der Waals surface area contributed by atoms with Crippen molar-refractivity contribution in [3.8, 4) is 0 Å². The molecule has 1 N–H and O–H groups in total. The standard InChI is InChI=1S/C12H13NO3/c1-8-3-2-4-9(5-8)10-6-11(14)13(10)7-12(15)16/h2-5,10H,6-7H2,1H3,(H,15,16). The molecule has 1 unspecified atom stereocenters. The van der Waals surface area contributed by atoms with Gasteiger partial charge in [0.1, 0.15) is 6.54 Å². The minimum Gasteiger partial charge on any atom is -0.480 e. The molecule has 2 rings (SSSR count). The van der Waals surface area contributed by atoms with Gasteiger partial charge in [-0.25, -0.2) is 0 Å². The second-order valence-corrected chi connectivity index (χ2v) is 4.05. The number of nitrogens with zero attached hydrogens (tertiary/aromatic N) is 1. The first-order chi connectivity index (χ1) is 7.58. The van der Waals surface area contributed by atoms with Crippen LogP contribution in [0.4, 0.5) is 0 Å². The molecular formula is C12H13NO3. The average molecular weight is 219 g/mol. The van der Waals surface area contributed by atoms with Gasteiger partial charge in [-0.2, -0.15) is 0 Å². The minimum absolute atomic E-state index is 0.0662. The van der Waals surface area contributed by atoms with E-state index in [4.69, 9.17) is 5.11 Å². The smallest absolute Gasteiger partial charge is 0.323 e. The fourth-order valence-corrected chi connectivity index (χ4v) is 1.97. The van der Waals surface area contributed by atoms with Gasteiger partial charge in [0.05, 0.1) is 12.5 Å². The Morgan fingerprint density at radius 2 is 2.31 bits per heavy atom. The van der Waals surface area contributed by atoms with Gasteiger partial charge >= 0.3 is 5.97 Å². The molecule has 84 valence electrons. The molecule has 0 spiro atoms. The highest BCUT2D eigenvalue weighted by molar-refractivity contribution is 5.87. The maximum atomic E-state index is 11.3. The molecule has 1 aromatic rings. The van der Waals surface area contributed by atoms with E-state index in [-0.39, 0.29) is 18.5 Å². The number of amides is 1. The van der Waals surface area contributed by atoms with Gasteiger partial charge in [0.2, 0.25) is 5.91 Å². The van der Waals surface area contributed by atoms with Crippen molar-refractivity contribution in [3.05, 3.63) is 35.4 Å². The number of benzene rings is 1. The second-order valence-electron chi connectivity index (χ2n) is 4.05. The van der Waals surface area contributed by atoms with Crippen LogP contribution in [0.25, 0.3) is 0 Å². The van der Waals surface area contributed by atoms with Crippen LogP contribution in [-0.2, 0) is 9.59 Å². The summed E-state index contributed by atoms with van der Waals surface area (Å²) < 4.78 is 0. The first-order valence-electron chi connectivity index (χ1n) is 5.16. The van der Waals surface area contributed by atoms with E-state index in [0.29, 0.717) is 6.42 Å². The molecule has 1 amide bonds. The summed E-state index contributed by atoms with van der Waals surface area (Å²) in [6, 6.07) is 7.76. The van der Waals surface area contributed by atoms with Crippen LogP contribution < -0.4 is 0 Å². The fraction of sp³-hybridized carbons (Fsp3) is 0.333. The summed E-state index contributed by atoms with van der Waals surface area (Å²) in [6.45, 7) is 1.77. The lowest BCUT2D eigenvalue weighted by atomic mass is 9.93. The Kier molecular flexibility index (Phi) is 2.64. The molecule has 1 aliphatic rings. The first-order valence-corrected chi connectivity index (χ1v) is 5.16. The van der Waals surface area contributed by atoms with Crippen LogP contribution in [-0.4, -0.2) is 28.4 Å². The van der Waals surface area contributed by atoms with Gasteiger partial charge < -0.3 is 10.0 Å². The molecule has 0 bridgehead atoms. The fourth-order valence-electron chi connectivity index (χ4n) is 1.97. The number of aliphatic carboxylic acids is 1. The Labute approximate surface area is 93.5 Å². The maximum Gasteiger partial charge on any atom is 0.323 e. The molecule has 1 aliphatic heterocycles. The molecule has 4 heteroatoms. The van der Waals surface area contributed by atoms with Crippen LogP contribution in [0.15, 0.2) is 24.3 Å². The summed E-state index contributed by atoms with van der Waals surface area (Å²) in [5.74, 6) is -1.06. The number of aryl methyl sites for hydroxylation is 1. The third kappa shape index (κ3) is 1.91. The summed E-state index contributed by atoms with van der Waals surface area (Å²) in [7, 11) is 0. The Hall–Kier alpha value is -1.84. The number of carbonyl (C=O) groups excluding carboxylic acids is 1. The summed E-state index contributed by atoms with van der Waals surface area (Å²) in [5.41, 5.74) is 2.13. The zero-order valence-corrected chi connectivity index (χ0v) is 9.01. The van der Waals surface area contributed by atoms with Crippen LogP contribution >= 0.6 is 0 Å². The predicted octanol–water partition coefficient (Wildman–Crippen LogP) is 1.35. The van der Waals surface area contributed by atoms with Crippen molar-refractivity contribution >= 4 is 11.9 Å². The molecule has 0 radical (unpaired) electrons. The molecule has 1 fully saturated rings. The molecule has 1 saturated heterocycles. The Balaban J connectivity index is 2.16. The van der Waals surface area contributed by atoms with Crippen molar-refractivity contribution in [2.45, 2.75) is 19.4 Å². The summed E-state index contributed by atoms with van der Waals surface area (Å²) in [4.78, 5) is 23.3. The van der Waals surface area contributed by atoms with E-state index in [0.717, 1.165) is 11.1 Å². The highest BCUT2D eigenvalue weighted by atomic mass is 16.4. The van der Waals surface area contributed by atoms with Crippen LogP contribution in [0, 0.1) is 6.92 Å². The highest BCUT2D eigenvalue weighted by Gasteiger charge is 2.38. The average Bonchev–Trinajstić information content (AvgIpc) is 2.22. The van der Waals surface area contributed by atoms with Crippen LogP contribution in [0.3, 0.4) is 0 Å². The van der Waals surface area contributed by atoms with E-state index >= 15 is 0 Å². The van der Waals surface area contributed by atoms with E-state index in [1.807, 2.05) is 31.2 Å². The molecule has 16 heavy (non-hydrogen) atoms. The van der Waals surface area contributed by atoms with Gasteiger partial charge in [0.25, 0.3) is 0 Å². The normalized spacial score (nSPS) is 19.4. The molecule has 1 atom stereocenters. The van der Waals surface area contributed by atoms with E-state index in [1.54, 1.807) is 0 Å². The van der Waals surface area contributed by atoms with Crippen LogP contribution in [0.1, 0.15) is 23.6 Å². The molecule has 1 heterocycles. The Morgan fingerprint density at radius 1 is 1.56 bits per heavy atom. The van der Waals surface area contributed by atoms with Crippen molar-refractivity contribution in [2.24, 2.45) is 0 Å². The van der Waals surface area contributed by atoms with Crippen LogP contribution in [0.2, 0.25) is 0 Å². The topological polar surface area (TPSA) is 57.6 Å². The number of carboxylic acids is 1. The lowest BCUT2D eigenvalue weighted by Gasteiger charge is -2.39. The number of β-lactam (4-membered cyclic amide) rings is 1. The van der Waals surface area contributed by atoms with Crippen molar-refractivity contribution < 1.29 is 14.7 Å². The molecule has 0 aliphatic carbocycles. The van der Waals surface area contributed by atoms with Crippen molar-refractivity contribution in [1.29, 1.82) is 0 Å². The van der Waals surface area contributed by atoms with Gasteiger partial charge in [-0.1, -0.05) is 29.8 Å². The number of rotatable bonds is 3. The summed E-state index contributed by atoms with van der Waals surface area (Å²) in [6.07, 6.45) is 0.413. The lowest BCUT2D eigenvalue weighted by Crippen LogP contribution is -2.48. The second kappa shape index (κ2) is 3.96. The third-order valence-electron chi connectivity index (χ3n) is 2.80. The van der Waals surface area contributed by atoms with E-state index in [2.05, 4.69) is 0 Å². The maximum absolute atomic E-state index is 11.3. The van der Waals surface area contributed by atoms with Gasteiger partial charge in [-0.05, 0) is 12.5 Å². The summed E-state index contributed by atoms with van der Waals surface area (Å²) >= 11 is 0. The van der Waals surface area contributed by atoms with E-state index < -0.39 is 5.97 Å². The highest BCUT2D eigenvalue weighted by Crippen LogP contribution is 2.34. The largest absolute Gasteiger partial charge is 0.480 e. The van der Waals surface area contributed by atoms with Crippen LogP contribution in [0.5, 0.6) is 0 Å². The Morgan fingerprint density at radius 3 is 2.88 bits per heavy atom. The molecule has 4 nitrogen and oxygen atoms in total. The summed E-state index contributed by atoms with van der Waals surface area (Å²) in [5, 5.41) is 8.69. The molecule has 1 aromatic carbocycles. The van der Waals surface area contributed by atoms with Gasteiger partial charge in [-0.15, -0.1) is 0 Å². The lowest BCUT2D eigenvalue weighted by molar-refractivity contribution is -0.155.